The smallest absolute Gasteiger partial charge is 0.184 e. The molecule has 5 heteroatoms. The zero-order valence-electron chi connectivity index (χ0n) is 29.6. The molecule has 5 nitrogen and oxygen atoms in total. The number of aromatic nitrogens is 1. The Bertz CT molecular complexity index is 938. The highest BCUT2D eigenvalue weighted by atomic mass is 16.3. The van der Waals surface area contributed by atoms with Crippen LogP contribution in [0.1, 0.15) is 178 Å². The molecule has 6 atom stereocenters. The molecule has 1 aromatic heterocycles. The number of nitrogens with zero attached hydrogens (tertiary/aromatic N) is 1. The molecule has 4 rings (SSSR count). The largest absolute Gasteiger partial charge is 0.392 e. The lowest BCUT2D eigenvalue weighted by atomic mass is 9.93. The fourth-order valence-electron chi connectivity index (χ4n) is 8.46. The Labute approximate surface area is 277 Å². The summed E-state index contributed by atoms with van der Waals surface area (Å²) in [5.74, 6) is 0. The van der Waals surface area contributed by atoms with Crippen LogP contribution in [0.5, 0.6) is 0 Å². The molecule has 0 unspecified atom stereocenters. The second kappa shape index (κ2) is 21.1. The summed E-state index contributed by atoms with van der Waals surface area (Å²) in [6.07, 6.45) is 36.2. The van der Waals surface area contributed by atoms with Crippen molar-refractivity contribution in [2.45, 2.75) is 224 Å². The van der Waals surface area contributed by atoms with Crippen molar-refractivity contribution < 1.29 is 14.8 Å². The van der Waals surface area contributed by atoms with Gasteiger partial charge in [0.25, 0.3) is 0 Å². The third-order valence-corrected chi connectivity index (χ3v) is 11.5. The van der Waals surface area contributed by atoms with Crippen molar-refractivity contribution in [3.05, 3.63) is 29.1 Å². The topological polar surface area (TPSA) is 68.4 Å². The van der Waals surface area contributed by atoms with Crippen LogP contribution in [0.25, 0.3) is 0 Å². The van der Waals surface area contributed by atoms with Gasteiger partial charge in [0.15, 0.2) is 11.9 Å². The van der Waals surface area contributed by atoms with Crippen molar-refractivity contribution in [2.75, 3.05) is 0 Å². The summed E-state index contributed by atoms with van der Waals surface area (Å²) in [5, 5.41) is 27.0. The van der Waals surface area contributed by atoms with Gasteiger partial charge in [0.2, 0.25) is 0 Å². The molecule has 4 heterocycles. The molecule has 0 saturated carbocycles. The molecule has 2 saturated heterocycles. The number of aryl methyl sites for hydroxylation is 3. The fourth-order valence-corrected chi connectivity index (χ4v) is 8.46. The minimum Gasteiger partial charge on any atom is -0.392 e. The van der Waals surface area contributed by atoms with Gasteiger partial charge in [-0.1, -0.05) is 89.9 Å². The van der Waals surface area contributed by atoms with Gasteiger partial charge in [0.05, 0.1) is 12.2 Å². The number of aliphatic hydroxyl groups excluding tert-OH is 2. The molecular weight excluding hydrogens is 554 g/mol. The van der Waals surface area contributed by atoms with Crippen LogP contribution in [0.4, 0.5) is 0 Å². The van der Waals surface area contributed by atoms with Crippen LogP contribution in [0.2, 0.25) is 0 Å². The normalized spacial score (nSPS) is 26.8. The maximum absolute atomic E-state index is 9.89. The Morgan fingerprint density at radius 1 is 0.622 bits per heavy atom. The standard InChI is InChI=1S/C40H72N3O2/c1-32-39(44)27-25-36(41-32)22-17-13-9-5-3-7-11-15-20-34-30-35(38-24-19-29-43(38)31-34)21-16-12-8-4-6-10-14-18-23-37-26-28-40(45)33(2)42-37/h30-33,36-37,39-42,44-45H,3-29H2,1-2H3/q+1/t32-,33-,36-,37-,39-,40-/m1/s1. The molecule has 0 bridgehead atoms. The average Bonchev–Trinajstić information content (AvgIpc) is 3.51. The Morgan fingerprint density at radius 2 is 1.09 bits per heavy atom. The van der Waals surface area contributed by atoms with Crippen LogP contribution in [-0.2, 0) is 25.8 Å². The summed E-state index contributed by atoms with van der Waals surface area (Å²) in [6, 6.07) is 4.38. The number of rotatable bonds is 22. The van der Waals surface area contributed by atoms with E-state index in [2.05, 4.69) is 41.3 Å². The van der Waals surface area contributed by atoms with Crippen LogP contribution in [0.15, 0.2) is 12.3 Å². The lowest BCUT2D eigenvalue weighted by Crippen LogP contribution is -2.48. The molecule has 0 aliphatic carbocycles. The van der Waals surface area contributed by atoms with E-state index in [1.807, 2.05) is 0 Å². The van der Waals surface area contributed by atoms with Crippen molar-refractivity contribution in [2.24, 2.45) is 0 Å². The van der Waals surface area contributed by atoms with E-state index >= 15 is 0 Å². The average molecular weight is 627 g/mol. The molecular formula is C40H72N3O2+. The summed E-state index contributed by atoms with van der Waals surface area (Å²) in [7, 11) is 0. The maximum atomic E-state index is 9.89. The van der Waals surface area contributed by atoms with Crippen molar-refractivity contribution in [1.82, 2.24) is 10.6 Å². The Kier molecular flexibility index (Phi) is 17.2. The minimum absolute atomic E-state index is 0.146. The van der Waals surface area contributed by atoms with E-state index in [-0.39, 0.29) is 24.3 Å². The van der Waals surface area contributed by atoms with Crippen LogP contribution >= 0.6 is 0 Å². The third-order valence-electron chi connectivity index (χ3n) is 11.5. The van der Waals surface area contributed by atoms with Crippen molar-refractivity contribution in [1.29, 1.82) is 0 Å². The zero-order chi connectivity index (χ0) is 31.7. The lowest BCUT2D eigenvalue weighted by molar-refractivity contribution is -0.691. The molecule has 1 aromatic rings. The molecule has 2 fully saturated rings. The number of fused-ring (bicyclic) bond motifs is 1. The molecule has 45 heavy (non-hydrogen) atoms. The Balaban J connectivity index is 0.983. The summed E-state index contributed by atoms with van der Waals surface area (Å²) >= 11 is 0. The Hall–Kier alpha value is -1.01. The van der Waals surface area contributed by atoms with Gasteiger partial charge in [-0.3, -0.25) is 0 Å². The molecule has 0 radical (unpaired) electrons. The number of pyridine rings is 1. The van der Waals surface area contributed by atoms with Gasteiger partial charge in [0, 0.05) is 48.1 Å². The van der Waals surface area contributed by atoms with Crippen molar-refractivity contribution in [3.8, 4) is 0 Å². The van der Waals surface area contributed by atoms with Crippen LogP contribution in [0, 0.1) is 0 Å². The predicted octanol–water partition coefficient (Wildman–Crippen LogP) is 8.03. The molecule has 3 aliphatic heterocycles. The van der Waals surface area contributed by atoms with Crippen molar-refractivity contribution in [3.63, 3.8) is 0 Å². The quantitative estimate of drug-likeness (QED) is 0.0777. The van der Waals surface area contributed by atoms with Gasteiger partial charge in [-0.2, -0.15) is 0 Å². The van der Waals surface area contributed by atoms with Gasteiger partial charge in [-0.25, -0.2) is 4.57 Å². The predicted molar refractivity (Wildman–Crippen MR) is 189 cm³/mol. The molecule has 3 aliphatic rings. The summed E-state index contributed by atoms with van der Waals surface area (Å²) in [6.45, 7) is 5.47. The SMILES string of the molecule is C[C@H]1N[C@H](CCCCCCCCCCc2cc(CCCCCCCCCC[C@@H]3CC[C@@H](O)[C@@H](C)N3)c3[n+](c2)CCC3)CC[C@H]1O. The van der Waals surface area contributed by atoms with E-state index in [0.29, 0.717) is 12.1 Å². The highest BCUT2D eigenvalue weighted by Gasteiger charge is 2.26. The maximum Gasteiger partial charge on any atom is 0.184 e. The van der Waals surface area contributed by atoms with Gasteiger partial charge in [-0.05, 0) is 84.1 Å². The number of unbranched alkanes of at least 4 members (excludes halogenated alkanes) is 14. The van der Waals surface area contributed by atoms with E-state index < -0.39 is 0 Å². The number of piperidine rings is 2. The number of aliphatic hydroxyl groups is 2. The van der Waals surface area contributed by atoms with E-state index in [4.69, 9.17) is 0 Å². The van der Waals surface area contributed by atoms with E-state index in [1.165, 1.54) is 148 Å². The number of hydrogen-bond donors (Lipinski definition) is 4. The molecule has 0 spiro atoms. The minimum atomic E-state index is -0.146. The molecule has 258 valence electrons. The second-order valence-electron chi connectivity index (χ2n) is 15.4. The van der Waals surface area contributed by atoms with Crippen LogP contribution in [0.3, 0.4) is 0 Å². The second-order valence-corrected chi connectivity index (χ2v) is 15.4. The highest BCUT2D eigenvalue weighted by Crippen LogP contribution is 2.22. The summed E-state index contributed by atoms with van der Waals surface area (Å²) < 4.78 is 2.60. The van der Waals surface area contributed by atoms with E-state index in [0.717, 1.165) is 25.7 Å². The first-order chi connectivity index (χ1) is 22.0. The highest BCUT2D eigenvalue weighted by molar-refractivity contribution is 5.23. The fraction of sp³-hybridized carbons (Fsp3) is 0.875. The monoisotopic (exact) mass is 627 g/mol. The first-order valence-electron chi connectivity index (χ1n) is 19.9. The van der Waals surface area contributed by atoms with Crippen LogP contribution < -0.4 is 15.2 Å². The van der Waals surface area contributed by atoms with E-state index in [9.17, 15) is 10.2 Å². The molecule has 0 aromatic carbocycles. The van der Waals surface area contributed by atoms with E-state index in [1.54, 1.807) is 16.8 Å². The number of nitrogens with one attached hydrogen (secondary N) is 2. The lowest BCUT2D eigenvalue weighted by Gasteiger charge is -2.32. The van der Waals surface area contributed by atoms with Crippen LogP contribution in [-0.4, -0.2) is 46.6 Å². The third kappa shape index (κ3) is 13.6. The first-order valence-corrected chi connectivity index (χ1v) is 19.9. The summed E-state index contributed by atoms with van der Waals surface area (Å²) in [5.41, 5.74) is 4.89. The molecule has 4 N–H and O–H groups in total. The van der Waals surface area contributed by atoms with Gasteiger partial charge in [0.1, 0.15) is 6.54 Å². The zero-order valence-corrected chi connectivity index (χ0v) is 29.6. The Morgan fingerprint density at radius 3 is 1.60 bits per heavy atom. The van der Waals surface area contributed by atoms with Gasteiger partial charge < -0.3 is 20.8 Å². The van der Waals surface area contributed by atoms with Crippen molar-refractivity contribution >= 4 is 0 Å². The first kappa shape index (κ1) is 36.8. The molecule has 0 amide bonds. The number of hydrogen-bond acceptors (Lipinski definition) is 4. The van der Waals surface area contributed by atoms with Gasteiger partial charge >= 0.3 is 0 Å². The van der Waals surface area contributed by atoms with Gasteiger partial charge in [-0.15, -0.1) is 0 Å². The summed E-state index contributed by atoms with van der Waals surface area (Å²) in [4.78, 5) is 0.